The van der Waals surface area contributed by atoms with Crippen molar-refractivity contribution in [3.63, 3.8) is 0 Å². The maximum atomic E-state index is 5.56. The van der Waals surface area contributed by atoms with Gasteiger partial charge in [-0.15, -0.1) is 0 Å². The van der Waals surface area contributed by atoms with Crippen LogP contribution in [0.5, 0.6) is 0 Å². The van der Waals surface area contributed by atoms with Crippen LogP contribution in [0.4, 0.5) is 0 Å². The molecule has 1 rings (SSSR count). The van der Waals surface area contributed by atoms with Gasteiger partial charge in [-0.1, -0.05) is 11.6 Å². The number of aliphatic imine (C=N–C) groups is 1. The van der Waals surface area contributed by atoms with Crippen molar-refractivity contribution < 1.29 is 0 Å². The average molecular weight is 118 g/mol. The lowest BCUT2D eigenvalue weighted by Crippen LogP contribution is -2.20. The molecule has 7 heavy (non-hydrogen) atoms. The van der Waals surface area contributed by atoms with Crippen LogP contribution in [0, 0.1) is 0 Å². The second-order valence-corrected chi connectivity index (χ2v) is 1.90. The van der Waals surface area contributed by atoms with E-state index in [0.29, 0.717) is 0 Å². The molecule has 1 heterocycles. The molecule has 1 radical (unpaired) electrons. The van der Waals surface area contributed by atoms with E-state index in [4.69, 9.17) is 11.6 Å². The molecule has 0 fully saturated rings. The summed E-state index contributed by atoms with van der Waals surface area (Å²) >= 11 is 5.56. The predicted octanol–water partition coefficient (Wildman–Crippen LogP) is 0.402. The van der Waals surface area contributed by atoms with Gasteiger partial charge in [-0.2, -0.15) is 0 Å². The summed E-state index contributed by atoms with van der Waals surface area (Å²) in [4.78, 5) is 5.65. The Bertz CT molecular complexity index is 91.7. The third-order valence-electron chi connectivity index (χ3n) is 0.882. The zero-order valence-corrected chi connectivity index (χ0v) is 4.81. The molecule has 1 unspecified atom stereocenters. The Morgan fingerprint density at radius 1 is 2.00 bits per heavy atom. The van der Waals surface area contributed by atoms with Crippen molar-refractivity contribution in [2.75, 3.05) is 13.6 Å². The first kappa shape index (κ1) is 5.06. The van der Waals surface area contributed by atoms with Crippen LogP contribution in [-0.4, -0.2) is 30.3 Å². The Morgan fingerprint density at radius 3 is 2.86 bits per heavy atom. The highest BCUT2D eigenvalue weighted by molar-refractivity contribution is 6.20. The zero-order chi connectivity index (χ0) is 5.28. The van der Waals surface area contributed by atoms with E-state index in [0.717, 1.165) is 6.54 Å². The predicted molar refractivity (Wildman–Crippen MR) is 29.7 cm³/mol. The molecule has 0 aromatic carbocycles. The molecular weight excluding hydrogens is 112 g/mol. The molecule has 3 heteroatoms. The summed E-state index contributed by atoms with van der Waals surface area (Å²) < 4.78 is 0. The topological polar surface area (TPSA) is 15.6 Å². The van der Waals surface area contributed by atoms with Crippen molar-refractivity contribution in [2.24, 2.45) is 4.99 Å². The van der Waals surface area contributed by atoms with Crippen LogP contribution >= 0.6 is 11.6 Å². The van der Waals surface area contributed by atoms with Crippen LogP contribution < -0.4 is 0 Å². The van der Waals surface area contributed by atoms with Gasteiger partial charge >= 0.3 is 0 Å². The molecule has 1 aliphatic heterocycles. The number of nitrogens with zero attached hydrogens (tertiary/aromatic N) is 2. The summed E-state index contributed by atoms with van der Waals surface area (Å²) in [7, 11) is 1.90. The van der Waals surface area contributed by atoms with Crippen LogP contribution in [0.3, 0.4) is 0 Å². The van der Waals surface area contributed by atoms with E-state index >= 15 is 0 Å². The molecule has 0 bridgehead atoms. The van der Waals surface area contributed by atoms with Crippen molar-refractivity contribution in [1.82, 2.24) is 4.90 Å². The molecule has 0 saturated carbocycles. The van der Waals surface area contributed by atoms with Crippen molar-refractivity contribution in [1.29, 1.82) is 0 Å². The Balaban J connectivity index is 2.45. The summed E-state index contributed by atoms with van der Waals surface area (Å²) in [6, 6.07) is 0. The second-order valence-electron chi connectivity index (χ2n) is 1.51. The SMILES string of the molecule is CN1C[C]=NC1Cl. The standard InChI is InChI=1S/C4H6ClN2/c1-7-3-2-6-4(7)5/h4H,3H2,1H3. The van der Waals surface area contributed by atoms with E-state index in [1.165, 1.54) is 0 Å². The second kappa shape index (κ2) is 1.80. The molecule has 0 aromatic rings. The number of alkyl halides is 1. The van der Waals surface area contributed by atoms with Gasteiger partial charge in [-0.3, -0.25) is 9.89 Å². The van der Waals surface area contributed by atoms with Gasteiger partial charge in [0.2, 0.25) is 0 Å². The third kappa shape index (κ3) is 0.924. The van der Waals surface area contributed by atoms with Gasteiger partial charge in [0.05, 0.1) is 6.21 Å². The highest BCUT2D eigenvalue weighted by Crippen LogP contribution is 2.05. The number of hydrogen-bond acceptors (Lipinski definition) is 2. The van der Waals surface area contributed by atoms with Gasteiger partial charge in [-0.05, 0) is 7.05 Å². The van der Waals surface area contributed by atoms with E-state index in [2.05, 4.69) is 11.2 Å². The molecule has 2 nitrogen and oxygen atoms in total. The van der Waals surface area contributed by atoms with Gasteiger partial charge in [0.1, 0.15) is 0 Å². The van der Waals surface area contributed by atoms with E-state index in [9.17, 15) is 0 Å². The molecule has 0 aliphatic carbocycles. The summed E-state index contributed by atoms with van der Waals surface area (Å²) in [5.74, 6) is 0. The normalized spacial score (nSPS) is 32.0. The highest BCUT2D eigenvalue weighted by Gasteiger charge is 2.11. The minimum atomic E-state index is -0.167. The first-order valence-corrected chi connectivity index (χ1v) is 2.51. The number of rotatable bonds is 0. The van der Waals surface area contributed by atoms with Gasteiger partial charge in [-0.25, -0.2) is 0 Å². The van der Waals surface area contributed by atoms with E-state index in [1.54, 1.807) is 0 Å². The molecule has 0 aromatic heterocycles. The Hall–Kier alpha value is -0.0800. The molecule has 1 aliphatic rings. The van der Waals surface area contributed by atoms with Crippen LogP contribution in [0.15, 0.2) is 4.99 Å². The van der Waals surface area contributed by atoms with Crippen LogP contribution in [-0.2, 0) is 0 Å². The largest absolute Gasteiger partial charge is 0.266 e. The van der Waals surface area contributed by atoms with E-state index < -0.39 is 0 Å². The van der Waals surface area contributed by atoms with Crippen LogP contribution in [0.2, 0.25) is 0 Å². The quantitative estimate of drug-likeness (QED) is 0.331. The van der Waals surface area contributed by atoms with E-state index in [-0.39, 0.29) is 5.62 Å². The fraction of sp³-hybridized carbons (Fsp3) is 0.750. The molecule has 39 valence electrons. The smallest absolute Gasteiger partial charge is 0.178 e. The zero-order valence-electron chi connectivity index (χ0n) is 4.06. The Labute approximate surface area is 47.8 Å². The fourth-order valence-corrected chi connectivity index (χ4v) is 0.540. The first-order valence-electron chi connectivity index (χ1n) is 2.08. The Kier molecular flexibility index (Phi) is 1.30. The van der Waals surface area contributed by atoms with Gasteiger partial charge in [0, 0.05) is 6.54 Å². The van der Waals surface area contributed by atoms with Gasteiger partial charge in [0.15, 0.2) is 5.62 Å². The maximum Gasteiger partial charge on any atom is 0.178 e. The lowest BCUT2D eigenvalue weighted by molar-refractivity contribution is 0.386. The summed E-state index contributed by atoms with van der Waals surface area (Å²) in [5, 5.41) is 0. The Morgan fingerprint density at radius 2 is 2.71 bits per heavy atom. The van der Waals surface area contributed by atoms with Crippen molar-refractivity contribution >= 4 is 17.8 Å². The molecular formula is C4H6ClN2. The van der Waals surface area contributed by atoms with Gasteiger partial charge in [0.25, 0.3) is 0 Å². The van der Waals surface area contributed by atoms with E-state index in [1.807, 2.05) is 11.9 Å². The van der Waals surface area contributed by atoms with Crippen molar-refractivity contribution in [2.45, 2.75) is 5.62 Å². The van der Waals surface area contributed by atoms with Crippen molar-refractivity contribution in [3.8, 4) is 0 Å². The third-order valence-corrected chi connectivity index (χ3v) is 1.31. The van der Waals surface area contributed by atoms with Crippen molar-refractivity contribution in [3.05, 3.63) is 0 Å². The minimum absolute atomic E-state index is 0.167. The summed E-state index contributed by atoms with van der Waals surface area (Å²) in [6.45, 7) is 0.758. The molecule has 0 spiro atoms. The number of halogens is 1. The molecule has 1 atom stereocenters. The summed E-state index contributed by atoms with van der Waals surface area (Å²) in [5.41, 5.74) is -0.167. The highest BCUT2D eigenvalue weighted by atomic mass is 35.5. The average Bonchev–Trinajstić information content (AvgIpc) is 1.91. The first-order chi connectivity index (χ1) is 3.30. The molecule has 0 amide bonds. The minimum Gasteiger partial charge on any atom is -0.266 e. The van der Waals surface area contributed by atoms with Crippen LogP contribution in [0.25, 0.3) is 0 Å². The lowest BCUT2D eigenvalue weighted by Gasteiger charge is -2.07. The molecule has 0 N–H and O–H groups in total. The van der Waals surface area contributed by atoms with Crippen LogP contribution in [0.1, 0.15) is 0 Å². The lowest BCUT2D eigenvalue weighted by atomic mass is 10.7. The fourth-order valence-electron chi connectivity index (χ4n) is 0.402. The number of hydrogen-bond donors (Lipinski definition) is 0. The van der Waals surface area contributed by atoms with Gasteiger partial charge < -0.3 is 0 Å². The molecule has 0 saturated heterocycles. The monoisotopic (exact) mass is 117 g/mol. The maximum absolute atomic E-state index is 5.56. The summed E-state index contributed by atoms with van der Waals surface area (Å²) in [6.07, 6.45) is 2.74.